The van der Waals surface area contributed by atoms with Gasteiger partial charge in [0.2, 0.25) is 0 Å². The zero-order valence-electron chi connectivity index (χ0n) is 21.0. The number of amides is 1. The molecular formula is C27H31N3O7. The van der Waals surface area contributed by atoms with Crippen LogP contribution in [0.4, 0.5) is 5.69 Å². The van der Waals surface area contributed by atoms with E-state index in [-0.39, 0.29) is 23.1 Å². The molecule has 2 aliphatic heterocycles. The first-order valence-corrected chi connectivity index (χ1v) is 12.4. The number of benzene rings is 2. The second kappa shape index (κ2) is 11.5. The van der Waals surface area contributed by atoms with Crippen molar-refractivity contribution >= 4 is 23.1 Å². The van der Waals surface area contributed by atoms with Gasteiger partial charge in [0.15, 0.2) is 0 Å². The Morgan fingerprint density at radius 2 is 1.73 bits per heavy atom. The van der Waals surface area contributed by atoms with Crippen LogP contribution >= 0.6 is 0 Å². The van der Waals surface area contributed by atoms with Gasteiger partial charge in [-0.25, -0.2) is 0 Å². The molecular weight excluding hydrogens is 478 g/mol. The molecule has 37 heavy (non-hydrogen) atoms. The third kappa shape index (κ3) is 5.98. The predicted molar refractivity (Wildman–Crippen MR) is 136 cm³/mol. The molecule has 2 aromatic rings. The summed E-state index contributed by atoms with van der Waals surface area (Å²) in [5.41, 5.74) is 0.739. The standard InChI is InChI=1S/C27H31N3O7/c1-18(2)37-22-10-6-20(7-11-22)25(31)23-24(19-4-8-21(9-5-19)30(34)35)29(27(33)26(23)32)13-3-12-28-14-16-36-17-15-28/h4-11,18,24,31H,3,12-17H2,1-2H3/b25-23-. The number of ketones is 1. The van der Waals surface area contributed by atoms with Gasteiger partial charge in [-0.1, -0.05) is 0 Å². The van der Waals surface area contributed by atoms with E-state index in [4.69, 9.17) is 9.47 Å². The molecule has 0 spiro atoms. The third-order valence-corrected chi connectivity index (χ3v) is 6.44. The van der Waals surface area contributed by atoms with Gasteiger partial charge in [-0.05, 0) is 62.2 Å². The predicted octanol–water partition coefficient (Wildman–Crippen LogP) is 3.53. The molecule has 2 aliphatic rings. The number of non-ortho nitro benzene ring substituents is 1. The molecule has 1 atom stereocenters. The zero-order chi connectivity index (χ0) is 26.5. The molecule has 2 aromatic carbocycles. The van der Waals surface area contributed by atoms with Gasteiger partial charge in [0, 0.05) is 43.9 Å². The molecule has 10 nitrogen and oxygen atoms in total. The van der Waals surface area contributed by atoms with Crippen LogP contribution in [-0.2, 0) is 14.3 Å². The highest BCUT2D eigenvalue weighted by atomic mass is 16.6. The van der Waals surface area contributed by atoms with Crippen molar-refractivity contribution in [1.29, 1.82) is 0 Å². The largest absolute Gasteiger partial charge is 0.507 e. The topological polar surface area (TPSA) is 122 Å². The number of carbonyl (C=O) groups excluding carboxylic acids is 2. The number of Topliss-reactive ketones (excluding diaryl/α,β-unsaturated/α-hetero) is 1. The molecule has 1 N–H and O–H groups in total. The highest BCUT2D eigenvalue weighted by molar-refractivity contribution is 6.46. The van der Waals surface area contributed by atoms with Gasteiger partial charge in [0.25, 0.3) is 17.4 Å². The fraction of sp³-hybridized carbons (Fsp3) is 0.407. The summed E-state index contributed by atoms with van der Waals surface area (Å²) in [6.45, 7) is 7.76. The van der Waals surface area contributed by atoms with E-state index in [9.17, 15) is 24.8 Å². The van der Waals surface area contributed by atoms with Crippen molar-refractivity contribution in [2.24, 2.45) is 0 Å². The van der Waals surface area contributed by atoms with Crippen LogP contribution in [0.15, 0.2) is 54.1 Å². The van der Waals surface area contributed by atoms with Gasteiger partial charge >= 0.3 is 0 Å². The third-order valence-electron chi connectivity index (χ3n) is 6.44. The number of hydrogen-bond acceptors (Lipinski definition) is 8. The minimum atomic E-state index is -0.864. The number of carbonyl (C=O) groups is 2. The number of likely N-dealkylation sites (tertiary alicyclic amines) is 1. The molecule has 10 heteroatoms. The quantitative estimate of drug-likeness (QED) is 0.179. The van der Waals surface area contributed by atoms with E-state index in [1.807, 2.05) is 13.8 Å². The fourth-order valence-corrected chi connectivity index (χ4v) is 4.64. The first-order chi connectivity index (χ1) is 17.8. The maximum absolute atomic E-state index is 13.2. The number of nitro groups is 1. The van der Waals surface area contributed by atoms with Gasteiger partial charge < -0.3 is 19.5 Å². The summed E-state index contributed by atoms with van der Waals surface area (Å²) in [6, 6.07) is 11.5. The summed E-state index contributed by atoms with van der Waals surface area (Å²) in [6.07, 6.45) is 0.599. The summed E-state index contributed by atoms with van der Waals surface area (Å²) in [5.74, 6) is -1.17. The Bertz CT molecular complexity index is 1170. The Morgan fingerprint density at radius 1 is 1.08 bits per heavy atom. The number of aliphatic hydroxyl groups excluding tert-OH is 1. The van der Waals surface area contributed by atoms with E-state index in [1.165, 1.54) is 29.2 Å². The van der Waals surface area contributed by atoms with Crippen LogP contribution in [0.3, 0.4) is 0 Å². The number of hydrogen-bond donors (Lipinski definition) is 1. The molecule has 0 radical (unpaired) electrons. The molecule has 1 amide bonds. The minimum Gasteiger partial charge on any atom is -0.507 e. The number of nitrogens with zero attached hydrogens (tertiary/aromatic N) is 3. The van der Waals surface area contributed by atoms with Crippen molar-refractivity contribution in [1.82, 2.24) is 9.80 Å². The Morgan fingerprint density at radius 3 is 2.32 bits per heavy atom. The van der Waals surface area contributed by atoms with Crippen molar-refractivity contribution in [3.05, 3.63) is 75.3 Å². The summed E-state index contributed by atoms with van der Waals surface area (Å²) in [4.78, 5) is 40.7. The summed E-state index contributed by atoms with van der Waals surface area (Å²) in [5, 5.41) is 22.4. The number of rotatable bonds is 9. The highest BCUT2D eigenvalue weighted by Gasteiger charge is 2.46. The van der Waals surface area contributed by atoms with Crippen LogP contribution < -0.4 is 4.74 Å². The first-order valence-electron chi connectivity index (χ1n) is 12.4. The average Bonchev–Trinajstić information content (AvgIpc) is 3.14. The van der Waals surface area contributed by atoms with E-state index in [1.54, 1.807) is 24.3 Å². The summed E-state index contributed by atoms with van der Waals surface area (Å²) >= 11 is 0. The monoisotopic (exact) mass is 509 g/mol. The normalized spacial score (nSPS) is 20.0. The second-order valence-corrected chi connectivity index (χ2v) is 9.34. The molecule has 2 heterocycles. The van der Waals surface area contributed by atoms with Crippen molar-refractivity contribution in [2.75, 3.05) is 39.4 Å². The molecule has 0 aromatic heterocycles. The van der Waals surface area contributed by atoms with E-state index in [2.05, 4.69) is 4.90 Å². The lowest BCUT2D eigenvalue weighted by Crippen LogP contribution is -2.38. The van der Waals surface area contributed by atoms with Gasteiger partial charge in [-0.2, -0.15) is 0 Å². The van der Waals surface area contributed by atoms with Crippen molar-refractivity contribution in [3.8, 4) is 5.75 Å². The molecule has 196 valence electrons. The van der Waals surface area contributed by atoms with Crippen LogP contribution in [0.5, 0.6) is 5.75 Å². The number of morpholine rings is 1. The van der Waals surface area contributed by atoms with Crippen molar-refractivity contribution in [2.45, 2.75) is 32.4 Å². The Labute approximate surface area is 215 Å². The molecule has 0 saturated carbocycles. The number of ether oxygens (including phenoxy) is 2. The minimum absolute atomic E-state index is 0.0237. The molecule has 0 aliphatic carbocycles. The van der Waals surface area contributed by atoms with Crippen molar-refractivity contribution < 1.29 is 29.1 Å². The Kier molecular flexibility index (Phi) is 8.20. The smallest absolute Gasteiger partial charge is 0.295 e. The lowest BCUT2D eigenvalue weighted by Gasteiger charge is -2.29. The van der Waals surface area contributed by atoms with Crippen LogP contribution in [0, 0.1) is 10.1 Å². The molecule has 1 unspecified atom stereocenters. The van der Waals surface area contributed by atoms with Crippen LogP contribution in [-0.4, -0.2) is 77.0 Å². The lowest BCUT2D eigenvalue weighted by molar-refractivity contribution is -0.384. The molecule has 4 rings (SSSR count). The number of aliphatic hydroxyl groups is 1. The second-order valence-electron chi connectivity index (χ2n) is 9.34. The summed E-state index contributed by atoms with van der Waals surface area (Å²) < 4.78 is 11.0. The first kappa shape index (κ1) is 26.3. The molecule has 0 bridgehead atoms. The van der Waals surface area contributed by atoms with E-state index >= 15 is 0 Å². The van der Waals surface area contributed by atoms with Gasteiger partial charge in [-0.15, -0.1) is 0 Å². The SMILES string of the molecule is CC(C)Oc1ccc(/C(O)=C2/C(=O)C(=O)N(CCCN3CCOCC3)C2c2ccc([N+](=O)[O-])cc2)cc1. The Balaban J connectivity index is 1.66. The fourth-order valence-electron chi connectivity index (χ4n) is 4.64. The maximum atomic E-state index is 13.2. The summed E-state index contributed by atoms with van der Waals surface area (Å²) in [7, 11) is 0. The van der Waals surface area contributed by atoms with E-state index in [0.717, 1.165) is 19.6 Å². The molecule has 2 saturated heterocycles. The van der Waals surface area contributed by atoms with Crippen LogP contribution in [0.2, 0.25) is 0 Å². The average molecular weight is 510 g/mol. The van der Waals surface area contributed by atoms with Gasteiger partial charge in [0.05, 0.1) is 35.9 Å². The molecule has 2 fully saturated rings. The number of nitro benzene ring substituents is 1. The van der Waals surface area contributed by atoms with Gasteiger partial charge in [0.1, 0.15) is 11.5 Å². The highest BCUT2D eigenvalue weighted by Crippen LogP contribution is 2.40. The maximum Gasteiger partial charge on any atom is 0.295 e. The van der Waals surface area contributed by atoms with Crippen LogP contribution in [0.1, 0.15) is 37.4 Å². The van der Waals surface area contributed by atoms with Crippen LogP contribution in [0.25, 0.3) is 5.76 Å². The Hall–Kier alpha value is -3.76. The zero-order valence-corrected chi connectivity index (χ0v) is 21.0. The van der Waals surface area contributed by atoms with Gasteiger partial charge in [-0.3, -0.25) is 24.6 Å². The van der Waals surface area contributed by atoms with E-state index in [0.29, 0.717) is 43.1 Å². The lowest BCUT2D eigenvalue weighted by atomic mass is 9.95. The van der Waals surface area contributed by atoms with E-state index < -0.39 is 22.7 Å². The van der Waals surface area contributed by atoms with Crippen molar-refractivity contribution in [3.63, 3.8) is 0 Å².